The predicted octanol–water partition coefficient (Wildman–Crippen LogP) is -1.36. The number of hydrogen-bond acceptors (Lipinski definition) is 6. The number of hydrogen-bond donors (Lipinski definition) is 0. The van der Waals surface area contributed by atoms with Crippen LogP contribution < -0.4 is 0 Å². The molecular formula is C10H12N2O6S2. The Hall–Kier alpha value is -2.20. The van der Waals surface area contributed by atoms with Crippen molar-refractivity contribution in [2.75, 3.05) is 0 Å². The molecule has 0 unspecified atom stereocenters. The molecule has 0 aromatic heterocycles. The SMILES string of the molecule is C=CN(C(=O)C=S(=O)=O)C(C)N(C=C)C(=O)C=S(=O)=O. The zero-order valence-electron chi connectivity index (χ0n) is 10.5. The summed E-state index contributed by atoms with van der Waals surface area (Å²) in [5.41, 5.74) is 0. The van der Waals surface area contributed by atoms with Crippen molar-refractivity contribution in [3.05, 3.63) is 25.6 Å². The van der Waals surface area contributed by atoms with Crippen LogP contribution in [0, 0.1) is 0 Å². The van der Waals surface area contributed by atoms with Gasteiger partial charge in [0, 0.05) is 12.4 Å². The second kappa shape index (κ2) is 8.07. The van der Waals surface area contributed by atoms with Crippen molar-refractivity contribution in [2.24, 2.45) is 0 Å². The van der Waals surface area contributed by atoms with E-state index >= 15 is 0 Å². The van der Waals surface area contributed by atoms with Crippen LogP contribution in [0.15, 0.2) is 25.6 Å². The summed E-state index contributed by atoms with van der Waals surface area (Å²) in [6.07, 6.45) is 1.01. The molecule has 0 atom stereocenters. The topological polar surface area (TPSA) is 109 Å². The summed E-state index contributed by atoms with van der Waals surface area (Å²) in [6.45, 7) is 8.02. The highest BCUT2D eigenvalue weighted by molar-refractivity contribution is 7.73. The maximum atomic E-state index is 11.6. The van der Waals surface area contributed by atoms with Crippen molar-refractivity contribution in [1.29, 1.82) is 0 Å². The largest absolute Gasteiger partial charge is 0.294 e. The van der Waals surface area contributed by atoms with Crippen LogP contribution in [-0.4, -0.2) is 55.4 Å². The number of carbonyl (C=O) groups excluding carboxylic acids is 2. The Labute approximate surface area is 118 Å². The highest BCUT2D eigenvalue weighted by atomic mass is 32.2. The first kappa shape index (κ1) is 17.8. The van der Waals surface area contributed by atoms with Gasteiger partial charge < -0.3 is 0 Å². The summed E-state index contributed by atoms with van der Waals surface area (Å²) in [4.78, 5) is 24.8. The molecule has 0 bridgehead atoms. The van der Waals surface area contributed by atoms with E-state index in [0.717, 1.165) is 22.2 Å². The Bertz CT molecular complexity index is 613. The molecule has 0 radical (unpaired) electrons. The second-order valence-corrected chi connectivity index (χ2v) is 4.76. The van der Waals surface area contributed by atoms with Gasteiger partial charge in [-0.15, -0.1) is 0 Å². The molecule has 0 saturated heterocycles. The number of rotatable bonds is 6. The van der Waals surface area contributed by atoms with Gasteiger partial charge in [0.15, 0.2) is 0 Å². The van der Waals surface area contributed by atoms with E-state index in [1.54, 1.807) is 0 Å². The van der Waals surface area contributed by atoms with E-state index < -0.39 is 38.6 Å². The molecule has 0 aromatic rings. The molecule has 0 heterocycles. The lowest BCUT2D eigenvalue weighted by molar-refractivity contribution is -0.130. The zero-order valence-corrected chi connectivity index (χ0v) is 12.1. The second-order valence-electron chi connectivity index (χ2n) is 3.24. The highest BCUT2D eigenvalue weighted by Crippen LogP contribution is 2.07. The molecule has 0 aliphatic heterocycles. The summed E-state index contributed by atoms with van der Waals surface area (Å²) >= 11 is 0. The van der Waals surface area contributed by atoms with Gasteiger partial charge in [-0.2, -0.15) is 16.8 Å². The Balaban J connectivity index is 5.50. The van der Waals surface area contributed by atoms with Crippen LogP contribution in [0.2, 0.25) is 0 Å². The number of nitrogens with zero attached hydrogens (tertiary/aromatic N) is 2. The summed E-state index contributed by atoms with van der Waals surface area (Å²) in [7, 11) is -5.44. The molecule has 0 aliphatic carbocycles. The lowest BCUT2D eigenvalue weighted by atomic mass is 10.3. The van der Waals surface area contributed by atoms with E-state index in [9.17, 15) is 26.4 Å². The van der Waals surface area contributed by atoms with Crippen LogP contribution in [0.25, 0.3) is 0 Å². The quantitative estimate of drug-likeness (QED) is 0.442. The maximum absolute atomic E-state index is 11.6. The molecule has 0 saturated carbocycles. The highest BCUT2D eigenvalue weighted by Gasteiger charge is 2.24. The smallest absolute Gasteiger partial charge is 0.267 e. The van der Waals surface area contributed by atoms with Crippen LogP contribution in [0.5, 0.6) is 0 Å². The van der Waals surface area contributed by atoms with Crippen molar-refractivity contribution in [1.82, 2.24) is 9.80 Å². The van der Waals surface area contributed by atoms with E-state index in [0.29, 0.717) is 10.7 Å². The van der Waals surface area contributed by atoms with Gasteiger partial charge in [-0.3, -0.25) is 19.4 Å². The number of amides is 2. The third-order valence-electron chi connectivity index (χ3n) is 2.10. The Morgan fingerprint density at radius 2 is 1.20 bits per heavy atom. The van der Waals surface area contributed by atoms with Gasteiger partial charge >= 0.3 is 0 Å². The molecule has 0 spiro atoms. The molecule has 8 nitrogen and oxygen atoms in total. The van der Waals surface area contributed by atoms with Crippen LogP contribution in [0.4, 0.5) is 0 Å². The fourth-order valence-corrected chi connectivity index (χ4v) is 1.85. The van der Waals surface area contributed by atoms with Crippen molar-refractivity contribution < 1.29 is 26.4 Å². The van der Waals surface area contributed by atoms with E-state index in [1.165, 1.54) is 6.92 Å². The minimum absolute atomic E-state index is 0.388. The van der Waals surface area contributed by atoms with Gasteiger partial charge in [0.2, 0.25) is 20.6 Å². The van der Waals surface area contributed by atoms with Crippen LogP contribution in [0.1, 0.15) is 6.92 Å². The molecule has 0 N–H and O–H groups in total. The van der Waals surface area contributed by atoms with Crippen molar-refractivity contribution in [3.8, 4) is 0 Å². The van der Waals surface area contributed by atoms with Gasteiger partial charge in [0.05, 0.1) is 0 Å². The predicted molar refractivity (Wildman–Crippen MR) is 73.5 cm³/mol. The maximum Gasteiger partial charge on any atom is 0.267 e. The Morgan fingerprint density at radius 1 is 0.900 bits per heavy atom. The van der Waals surface area contributed by atoms with Gasteiger partial charge in [-0.1, -0.05) is 13.2 Å². The van der Waals surface area contributed by atoms with E-state index in [4.69, 9.17) is 0 Å². The summed E-state index contributed by atoms with van der Waals surface area (Å²) in [5.74, 6) is -1.88. The van der Waals surface area contributed by atoms with Crippen LogP contribution >= 0.6 is 0 Å². The molecule has 0 aromatic carbocycles. The third-order valence-corrected chi connectivity index (χ3v) is 2.89. The van der Waals surface area contributed by atoms with Crippen LogP contribution in [-0.2, 0) is 30.2 Å². The first-order valence-electron chi connectivity index (χ1n) is 5.00. The molecule has 10 heteroatoms. The summed E-state index contributed by atoms with van der Waals surface area (Å²) in [6, 6.07) is 0. The average Bonchev–Trinajstić information content (AvgIpc) is 2.28. The fourth-order valence-electron chi connectivity index (χ4n) is 1.27. The number of carbonyl (C=O) groups is 2. The standard InChI is InChI=1S/C10H12N2O6S2/c1-4-11(9(13)6-19(15)16)8(3)12(5-2)10(14)7-20(17)18/h4-8H,1-2H2,3H3. The van der Waals surface area contributed by atoms with Gasteiger partial charge in [0.25, 0.3) is 11.8 Å². The molecule has 20 heavy (non-hydrogen) atoms. The van der Waals surface area contributed by atoms with Gasteiger partial charge in [-0.05, 0) is 6.92 Å². The van der Waals surface area contributed by atoms with Crippen molar-refractivity contribution >= 4 is 43.1 Å². The third kappa shape index (κ3) is 5.20. The molecule has 110 valence electrons. The lowest BCUT2D eigenvalue weighted by Gasteiger charge is -2.31. The minimum Gasteiger partial charge on any atom is -0.294 e. The molecular weight excluding hydrogens is 308 g/mol. The molecule has 0 rings (SSSR count). The summed E-state index contributed by atoms with van der Waals surface area (Å²) in [5, 5.41) is 0.777. The van der Waals surface area contributed by atoms with Crippen LogP contribution in [0.3, 0.4) is 0 Å². The molecule has 0 fully saturated rings. The summed E-state index contributed by atoms with van der Waals surface area (Å²) < 4.78 is 41.8. The van der Waals surface area contributed by atoms with E-state index in [1.807, 2.05) is 0 Å². The fraction of sp³-hybridized carbons (Fsp3) is 0.200. The first-order valence-corrected chi connectivity index (χ1v) is 7.27. The Kier molecular flexibility index (Phi) is 7.18. The Morgan fingerprint density at radius 3 is 1.40 bits per heavy atom. The first-order chi connectivity index (χ1) is 9.24. The van der Waals surface area contributed by atoms with E-state index in [-0.39, 0.29) is 0 Å². The van der Waals surface area contributed by atoms with Crippen molar-refractivity contribution in [2.45, 2.75) is 13.1 Å². The zero-order chi connectivity index (χ0) is 15.9. The van der Waals surface area contributed by atoms with E-state index in [2.05, 4.69) is 13.2 Å². The van der Waals surface area contributed by atoms with Gasteiger partial charge in [0.1, 0.15) is 16.9 Å². The average molecular weight is 320 g/mol. The van der Waals surface area contributed by atoms with Crippen molar-refractivity contribution in [3.63, 3.8) is 0 Å². The van der Waals surface area contributed by atoms with Gasteiger partial charge in [-0.25, -0.2) is 0 Å². The normalized spacial score (nSPS) is 9.30. The lowest BCUT2D eigenvalue weighted by Crippen LogP contribution is -2.47. The molecule has 2 amide bonds. The molecule has 0 aliphatic rings. The minimum atomic E-state index is -2.72. The monoisotopic (exact) mass is 320 g/mol.